The van der Waals surface area contributed by atoms with E-state index in [0.717, 1.165) is 17.8 Å². The molecule has 0 amide bonds. The number of rotatable bonds is 5. The molecule has 0 radical (unpaired) electrons. The van der Waals surface area contributed by atoms with Gasteiger partial charge in [0.05, 0.1) is 5.56 Å². The van der Waals surface area contributed by atoms with E-state index >= 15 is 0 Å². The van der Waals surface area contributed by atoms with Crippen LogP contribution in [0.3, 0.4) is 0 Å². The van der Waals surface area contributed by atoms with Crippen molar-refractivity contribution >= 4 is 11.7 Å². The number of aromatic carboxylic acids is 1. The molecule has 0 aromatic heterocycles. The predicted octanol–water partition coefficient (Wildman–Crippen LogP) is 3.55. The van der Waals surface area contributed by atoms with Crippen LogP contribution in [0.4, 0.5) is 10.1 Å². The number of benzene rings is 2. The number of carbonyl (C=O) groups is 1. The SMILES string of the molecule is CCN(Cc1ccc(C(=O)O)cc1)c1ccc(F)cc1. The highest BCUT2D eigenvalue weighted by Gasteiger charge is 2.07. The van der Waals surface area contributed by atoms with Crippen LogP contribution in [0.2, 0.25) is 0 Å². The Kier molecular flexibility index (Phi) is 4.35. The van der Waals surface area contributed by atoms with Gasteiger partial charge < -0.3 is 10.0 Å². The first kappa shape index (κ1) is 14.1. The second-order valence-corrected chi connectivity index (χ2v) is 4.49. The Morgan fingerprint density at radius 2 is 1.70 bits per heavy atom. The third-order valence-electron chi connectivity index (χ3n) is 3.15. The molecule has 3 nitrogen and oxygen atoms in total. The van der Waals surface area contributed by atoms with E-state index in [1.54, 1.807) is 36.4 Å². The lowest BCUT2D eigenvalue weighted by atomic mass is 10.1. The smallest absolute Gasteiger partial charge is 0.335 e. The number of carboxylic acids is 1. The zero-order valence-electron chi connectivity index (χ0n) is 11.2. The van der Waals surface area contributed by atoms with Gasteiger partial charge in [-0.2, -0.15) is 0 Å². The average Bonchev–Trinajstić information content (AvgIpc) is 2.46. The van der Waals surface area contributed by atoms with Crippen molar-refractivity contribution in [1.82, 2.24) is 0 Å². The van der Waals surface area contributed by atoms with Crippen molar-refractivity contribution in [1.29, 1.82) is 0 Å². The second kappa shape index (κ2) is 6.19. The molecule has 4 heteroatoms. The molecule has 0 bridgehead atoms. The summed E-state index contributed by atoms with van der Waals surface area (Å²) in [6, 6.07) is 13.1. The topological polar surface area (TPSA) is 40.5 Å². The van der Waals surface area contributed by atoms with Crippen molar-refractivity contribution in [2.24, 2.45) is 0 Å². The van der Waals surface area contributed by atoms with Crippen LogP contribution in [0, 0.1) is 5.82 Å². The van der Waals surface area contributed by atoms with Crippen molar-refractivity contribution < 1.29 is 14.3 Å². The maximum atomic E-state index is 12.9. The van der Waals surface area contributed by atoms with Crippen molar-refractivity contribution in [3.63, 3.8) is 0 Å². The fraction of sp³-hybridized carbons (Fsp3) is 0.188. The highest BCUT2D eigenvalue weighted by molar-refractivity contribution is 5.87. The summed E-state index contributed by atoms with van der Waals surface area (Å²) in [5, 5.41) is 8.86. The van der Waals surface area contributed by atoms with E-state index < -0.39 is 5.97 Å². The van der Waals surface area contributed by atoms with Crippen LogP contribution in [0.5, 0.6) is 0 Å². The van der Waals surface area contributed by atoms with Crippen LogP contribution in [-0.2, 0) is 6.54 Å². The Labute approximate surface area is 117 Å². The standard InChI is InChI=1S/C16H16FNO2/c1-2-18(15-9-7-14(17)8-10-15)11-12-3-5-13(6-4-12)16(19)20/h3-10H,2,11H2,1H3,(H,19,20). The molecule has 2 rings (SSSR count). The molecule has 0 unspecified atom stereocenters. The third-order valence-corrected chi connectivity index (χ3v) is 3.15. The molecular weight excluding hydrogens is 257 g/mol. The molecule has 104 valence electrons. The van der Waals surface area contributed by atoms with Gasteiger partial charge in [0.15, 0.2) is 0 Å². The highest BCUT2D eigenvalue weighted by Crippen LogP contribution is 2.18. The first-order chi connectivity index (χ1) is 9.60. The van der Waals surface area contributed by atoms with E-state index in [-0.39, 0.29) is 11.4 Å². The average molecular weight is 273 g/mol. The Balaban J connectivity index is 2.13. The maximum absolute atomic E-state index is 12.9. The number of halogens is 1. The number of nitrogens with zero attached hydrogens (tertiary/aromatic N) is 1. The van der Waals surface area contributed by atoms with E-state index in [1.165, 1.54) is 12.1 Å². The van der Waals surface area contributed by atoms with E-state index in [0.29, 0.717) is 6.54 Å². The van der Waals surface area contributed by atoms with Gasteiger partial charge in [-0.05, 0) is 48.9 Å². The third kappa shape index (κ3) is 3.35. The predicted molar refractivity (Wildman–Crippen MR) is 76.5 cm³/mol. The molecule has 0 fully saturated rings. The Bertz CT molecular complexity index is 578. The first-order valence-electron chi connectivity index (χ1n) is 6.43. The van der Waals surface area contributed by atoms with Crippen LogP contribution >= 0.6 is 0 Å². The Morgan fingerprint density at radius 1 is 1.10 bits per heavy atom. The minimum atomic E-state index is -0.928. The van der Waals surface area contributed by atoms with Gasteiger partial charge in [0.1, 0.15) is 5.82 Å². The summed E-state index contributed by atoms with van der Waals surface area (Å²) >= 11 is 0. The summed E-state index contributed by atoms with van der Waals surface area (Å²) in [6.07, 6.45) is 0. The zero-order valence-corrected chi connectivity index (χ0v) is 11.2. The summed E-state index contributed by atoms with van der Waals surface area (Å²) in [4.78, 5) is 12.9. The van der Waals surface area contributed by atoms with Crippen molar-refractivity contribution in [3.8, 4) is 0 Å². The molecular formula is C16H16FNO2. The van der Waals surface area contributed by atoms with Crippen LogP contribution in [0.15, 0.2) is 48.5 Å². The first-order valence-corrected chi connectivity index (χ1v) is 6.43. The summed E-state index contributed by atoms with van der Waals surface area (Å²) < 4.78 is 12.9. The minimum Gasteiger partial charge on any atom is -0.478 e. The maximum Gasteiger partial charge on any atom is 0.335 e. The number of carboxylic acid groups (broad SMARTS) is 1. The molecule has 0 aliphatic heterocycles. The summed E-state index contributed by atoms with van der Waals surface area (Å²) in [5.41, 5.74) is 2.23. The lowest BCUT2D eigenvalue weighted by Gasteiger charge is -2.23. The number of hydrogen-bond acceptors (Lipinski definition) is 2. The molecule has 0 aliphatic carbocycles. The molecule has 2 aromatic carbocycles. The molecule has 0 saturated heterocycles. The molecule has 0 spiro atoms. The fourth-order valence-corrected chi connectivity index (χ4v) is 2.01. The van der Waals surface area contributed by atoms with Crippen molar-refractivity contribution in [2.75, 3.05) is 11.4 Å². The zero-order chi connectivity index (χ0) is 14.5. The van der Waals surface area contributed by atoms with Gasteiger partial charge in [-0.15, -0.1) is 0 Å². The van der Waals surface area contributed by atoms with Crippen molar-refractivity contribution in [3.05, 3.63) is 65.5 Å². The number of anilines is 1. The second-order valence-electron chi connectivity index (χ2n) is 4.49. The van der Waals surface area contributed by atoms with Crippen LogP contribution in [0.1, 0.15) is 22.8 Å². The molecule has 0 heterocycles. The van der Waals surface area contributed by atoms with Gasteiger partial charge in [-0.3, -0.25) is 0 Å². The Morgan fingerprint density at radius 3 is 2.20 bits per heavy atom. The summed E-state index contributed by atoms with van der Waals surface area (Å²) in [6.45, 7) is 3.46. The normalized spacial score (nSPS) is 10.3. The lowest BCUT2D eigenvalue weighted by Crippen LogP contribution is -2.21. The number of hydrogen-bond donors (Lipinski definition) is 1. The van der Waals surface area contributed by atoms with E-state index in [1.807, 2.05) is 6.92 Å². The molecule has 0 aliphatic rings. The van der Waals surface area contributed by atoms with Gasteiger partial charge in [-0.25, -0.2) is 9.18 Å². The molecule has 1 N–H and O–H groups in total. The molecule has 20 heavy (non-hydrogen) atoms. The molecule has 0 saturated carbocycles. The summed E-state index contributed by atoms with van der Waals surface area (Å²) in [5.74, 6) is -1.18. The minimum absolute atomic E-state index is 0.254. The Hall–Kier alpha value is -2.36. The van der Waals surface area contributed by atoms with Crippen molar-refractivity contribution in [2.45, 2.75) is 13.5 Å². The van der Waals surface area contributed by atoms with Gasteiger partial charge in [0.2, 0.25) is 0 Å². The highest BCUT2D eigenvalue weighted by atomic mass is 19.1. The van der Waals surface area contributed by atoms with E-state index in [2.05, 4.69) is 4.90 Å². The monoisotopic (exact) mass is 273 g/mol. The fourth-order valence-electron chi connectivity index (χ4n) is 2.01. The lowest BCUT2D eigenvalue weighted by molar-refractivity contribution is 0.0697. The van der Waals surface area contributed by atoms with Crippen LogP contribution in [-0.4, -0.2) is 17.6 Å². The van der Waals surface area contributed by atoms with Gasteiger partial charge >= 0.3 is 5.97 Å². The van der Waals surface area contributed by atoms with Gasteiger partial charge in [0.25, 0.3) is 0 Å². The van der Waals surface area contributed by atoms with E-state index in [4.69, 9.17) is 5.11 Å². The van der Waals surface area contributed by atoms with Gasteiger partial charge in [0, 0.05) is 18.8 Å². The summed E-state index contributed by atoms with van der Waals surface area (Å²) in [7, 11) is 0. The quantitative estimate of drug-likeness (QED) is 0.905. The van der Waals surface area contributed by atoms with Crippen LogP contribution < -0.4 is 4.90 Å². The molecule has 2 aromatic rings. The van der Waals surface area contributed by atoms with Crippen LogP contribution in [0.25, 0.3) is 0 Å². The van der Waals surface area contributed by atoms with E-state index in [9.17, 15) is 9.18 Å². The largest absolute Gasteiger partial charge is 0.478 e. The molecule has 0 atom stereocenters. The van der Waals surface area contributed by atoms with Gasteiger partial charge in [-0.1, -0.05) is 12.1 Å².